The highest BCUT2D eigenvalue weighted by Gasteiger charge is 2.13. The van der Waals surface area contributed by atoms with E-state index >= 15 is 0 Å². The number of amides is 1. The Kier molecular flexibility index (Phi) is 4.17. The number of aryl methyl sites for hydroxylation is 1. The van der Waals surface area contributed by atoms with Gasteiger partial charge in [-0.15, -0.1) is 0 Å². The fourth-order valence-electron chi connectivity index (χ4n) is 2.01. The fraction of sp³-hybridized carbons (Fsp3) is 0.462. The van der Waals surface area contributed by atoms with E-state index in [-0.39, 0.29) is 11.7 Å². The molecule has 1 fully saturated rings. The van der Waals surface area contributed by atoms with Crippen molar-refractivity contribution in [2.45, 2.75) is 6.92 Å². The summed E-state index contributed by atoms with van der Waals surface area (Å²) in [5, 5.41) is 15.5. The highest BCUT2D eigenvalue weighted by Crippen LogP contribution is 2.19. The molecule has 1 aliphatic heterocycles. The molecule has 5 heteroatoms. The number of phenolic OH excluding ortho intramolecular Hbond substituents is 1. The second kappa shape index (κ2) is 5.84. The molecule has 3 N–H and O–H groups in total. The topological polar surface area (TPSA) is 64.6 Å². The summed E-state index contributed by atoms with van der Waals surface area (Å²) in [4.78, 5) is 14.0. The van der Waals surface area contributed by atoms with Crippen LogP contribution in [0.15, 0.2) is 18.2 Å². The maximum atomic E-state index is 11.8. The van der Waals surface area contributed by atoms with Gasteiger partial charge in [0.25, 0.3) is 0 Å². The lowest BCUT2D eigenvalue weighted by molar-refractivity contribution is -0.117. The Balaban J connectivity index is 1.88. The third-order valence-corrected chi connectivity index (χ3v) is 3.06. The average molecular weight is 249 g/mol. The van der Waals surface area contributed by atoms with Crippen molar-refractivity contribution in [2.75, 3.05) is 38.0 Å². The Hall–Kier alpha value is -1.59. The molecule has 0 bridgehead atoms. The van der Waals surface area contributed by atoms with Gasteiger partial charge in [-0.2, -0.15) is 0 Å². The van der Waals surface area contributed by atoms with E-state index in [0.29, 0.717) is 6.54 Å². The first-order valence-electron chi connectivity index (χ1n) is 6.18. The normalized spacial score (nSPS) is 16.5. The van der Waals surface area contributed by atoms with Crippen molar-refractivity contribution in [1.29, 1.82) is 0 Å². The molecule has 0 aliphatic carbocycles. The number of carbonyl (C=O) groups is 1. The summed E-state index contributed by atoms with van der Waals surface area (Å²) >= 11 is 0. The van der Waals surface area contributed by atoms with E-state index in [4.69, 9.17) is 0 Å². The first kappa shape index (κ1) is 12.9. The zero-order valence-electron chi connectivity index (χ0n) is 10.6. The number of hydrogen-bond donors (Lipinski definition) is 3. The second-order valence-electron chi connectivity index (χ2n) is 4.58. The Morgan fingerprint density at radius 2 is 2.17 bits per heavy atom. The second-order valence-corrected chi connectivity index (χ2v) is 4.58. The molecule has 0 unspecified atom stereocenters. The molecular formula is C13H19N3O2. The van der Waals surface area contributed by atoms with Crippen LogP contribution in [0, 0.1) is 6.92 Å². The number of phenols is 1. The molecule has 98 valence electrons. The smallest absolute Gasteiger partial charge is 0.238 e. The van der Waals surface area contributed by atoms with Crippen molar-refractivity contribution >= 4 is 11.6 Å². The fourth-order valence-corrected chi connectivity index (χ4v) is 2.01. The number of rotatable bonds is 3. The van der Waals surface area contributed by atoms with Crippen LogP contribution in [0.5, 0.6) is 5.75 Å². The molecule has 18 heavy (non-hydrogen) atoms. The Bertz CT molecular complexity index is 428. The van der Waals surface area contributed by atoms with E-state index in [2.05, 4.69) is 15.5 Å². The number of aromatic hydroxyl groups is 1. The molecule has 1 aromatic carbocycles. The Morgan fingerprint density at radius 1 is 1.44 bits per heavy atom. The summed E-state index contributed by atoms with van der Waals surface area (Å²) in [6, 6.07) is 5.07. The molecule has 1 saturated heterocycles. The minimum absolute atomic E-state index is 0.0120. The average Bonchev–Trinajstić information content (AvgIpc) is 2.35. The van der Waals surface area contributed by atoms with Gasteiger partial charge in [0.1, 0.15) is 5.75 Å². The molecule has 1 aromatic rings. The lowest BCUT2D eigenvalue weighted by Crippen LogP contribution is -2.46. The standard InChI is InChI=1S/C13H19N3O2/c1-10-8-11(2-3-12(10)17)15-13(18)9-16-6-4-14-5-7-16/h2-3,8,14,17H,4-7,9H2,1H3,(H,15,18). The van der Waals surface area contributed by atoms with Gasteiger partial charge in [0.05, 0.1) is 6.54 Å². The molecule has 1 aliphatic rings. The third kappa shape index (κ3) is 3.45. The van der Waals surface area contributed by atoms with Crippen molar-refractivity contribution in [2.24, 2.45) is 0 Å². The maximum Gasteiger partial charge on any atom is 0.238 e. The summed E-state index contributed by atoms with van der Waals surface area (Å²) < 4.78 is 0. The van der Waals surface area contributed by atoms with Crippen LogP contribution in [0.25, 0.3) is 0 Å². The van der Waals surface area contributed by atoms with Gasteiger partial charge in [0.2, 0.25) is 5.91 Å². The van der Waals surface area contributed by atoms with Crippen molar-refractivity contribution < 1.29 is 9.90 Å². The van der Waals surface area contributed by atoms with Crippen LogP contribution in [0.1, 0.15) is 5.56 Å². The SMILES string of the molecule is Cc1cc(NC(=O)CN2CCNCC2)ccc1O. The predicted molar refractivity (Wildman–Crippen MR) is 70.8 cm³/mol. The van der Waals surface area contributed by atoms with Crippen LogP contribution in [-0.4, -0.2) is 48.6 Å². The Labute approximate surface area is 107 Å². The van der Waals surface area contributed by atoms with Gasteiger partial charge in [-0.05, 0) is 30.7 Å². The molecule has 5 nitrogen and oxygen atoms in total. The highest BCUT2D eigenvalue weighted by atomic mass is 16.3. The van der Waals surface area contributed by atoms with Crippen molar-refractivity contribution in [3.63, 3.8) is 0 Å². The summed E-state index contributed by atoms with van der Waals surface area (Å²) in [5.74, 6) is 0.233. The van der Waals surface area contributed by atoms with Crippen LogP contribution in [0.4, 0.5) is 5.69 Å². The van der Waals surface area contributed by atoms with E-state index in [0.717, 1.165) is 37.4 Å². The third-order valence-electron chi connectivity index (χ3n) is 3.06. The van der Waals surface area contributed by atoms with E-state index in [1.54, 1.807) is 25.1 Å². The molecule has 1 heterocycles. The predicted octanol–water partition coefficient (Wildman–Crippen LogP) is 0.544. The number of carbonyl (C=O) groups excluding carboxylic acids is 1. The van der Waals surface area contributed by atoms with Crippen LogP contribution in [-0.2, 0) is 4.79 Å². The van der Waals surface area contributed by atoms with Crippen LogP contribution >= 0.6 is 0 Å². The van der Waals surface area contributed by atoms with Gasteiger partial charge in [0, 0.05) is 31.9 Å². The van der Waals surface area contributed by atoms with Crippen molar-refractivity contribution in [3.05, 3.63) is 23.8 Å². The zero-order chi connectivity index (χ0) is 13.0. The lowest BCUT2D eigenvalue weighted by atomic mass is 10.2. The number of piperazine rings is 1. The van der Waals surface area contributed by atoms with Crippen LogP contribution < -0.4 is 10.6 Å². The van der Waals surface area contributed by atoms with Crippen molar-refractivity contribution in [1.82, 2.24) is 10.2 Å². The monoisotopic (exact) mass is 249 g/mol. The van der Waals surface area contributed by atoms with Crippen molar-refractivity contribution in [3.8, 4) is 5.75 Å². The van der Waals surface area contributed by atoms with E-state index in [1.165, 1.54) is 0 Å². The molecule has 2 rings (SSSR count). The number of nitrogens with zero attached hydrogens (tertiary/aromatic N) is 1. The number of anilines is 1. The number of benzene rings is 1. The van der Waals surface area contributed by atoms with Gasteiger partial charge in [-0.1, -0.05) is 0 Å². The first-order chi connectivity index (χ1) is 8.65. The molecule has 0 spiro atoms. The number of nitrogens with one attached hydrogen (secondary N) is 2. The molecule has 0 aromatic heterocycles. The molecular weight excluding hydrogens is 230 g/mol. The molecule has 0 atom stereocenters. The van der Waals surface area contributed by atoms with E-state index < -0.39 is 0 Å². The maximum absolute atomic E-state index is 11.8. The highest BCUT2D eigenvalue weighted by molar-refractivity contribution is 5.92. The summed E-state index contributed by atoms with van der Waals surface area (Å²) in [5.41, 5.74) is 1.49. The van der Waals surface area contributed by atoms with Gasteiger partial charge < -0.3 is 15.7 Å². The Morgan fingerprint density at radius 3 is 2.83 bits per heavy atom. The zero-order valence-corrected chi connectivity index (χ0v) is 10.6. The molecule has 1 amide bonds. The van der Waals surface area contributed by atoms with Crippen LogP contribution in [0.3, 0.4) is 0 Å². The van der Waals surface area contributed by atoms with E-state index in [1.807, 2.05) is 0 Å². The van der Waals surface area contributed by atoms with Gasteiger partial charge >= 0.3 is 0 Å². The molecule has 0 radical (unpaired) electrons. The summed E-state index contributed by atoms with van der Waals surface area (Å²) in [6.07, 6.45) is 0. The number of hydrogen-bond acceptors (Lipinski definition) is 4. The minimum Gasteiger partial charge on any atom is -0.508 e. The van der Waals surface area contributed by atoms with Crippen LogP contribution in [0.2, 0.25) is 0 Å². The quantitative estimate of drug-likeness (QED) is 0.684. The molecule has 0 saturated carbocycles. The summed E-state index contributed by atoms with van der Waals surface area (Å²) in [7, 11) is 0. The van der Waals surface area contributed by atoms with Gasteiger partial charge in [0.15, 0.2) is 0 Å². The first-order valence-corrected chi connectivity index (χ1v) is 6.18. The minimum atomic E-state index is -0.0120. The lowest BCUT2D eigenvalue weighted by Gasteiger charge is -2.26. The summed E-state index contributed by atoms with van der Waals surface area (Å²) in [6.45, 7) is 5.91. The van der Waals surface area contributed by atoms with E-state index in [9.17, 15) is 9.90 Å². The largest absolute Gasteiger partial charge is 0.508 e. The van der Waals surface area contributed by atoms with Gasteiger partial charge in [-0.25, -0.2) is 0 Å². The van der Waals surface area contributed by atoms with Gasteiger partial charge in [-0.3, -0.25) is 9.69 Å².